The summed E-state index contributed by atoms with van der Waals surface area (Å²) < 4.78 is 0. The van der Waals surface area contributed by atoms with E-state index in [4.69, 9.17) is 5.11 Å². The summed E-state index contributed by atoms with van der Waals surface area (Å²) >= 11 is 0. The van der Waals surface area contributed by atoms with Crippen LogP contribution in [-0.2, 0) is 0 Å². The molecule has 1 saturated carbocycles. The Bertz CT molecular complexity index is 521. The van der Waals surface area contributed by atoms with Crippen LogP contribution in [0.1, 0.15) is 42.1 Å². The van der Waals surface area contributed by atoms with Gasteiger partial charge in [0.05, 0.1) is 5.56 Å². The monoisotopic (exact) mass is 257 g/mol. The fraction of sp³-hybridized carbons (Fsp3) is 0.438. The molecule has 1 fully saturated rings. The van der Waals surface area contributed by atoms with Crippen LogP contribution in [0.2, 0.25) is 0 Å². The largest absolute Gasteiger partial charge is 0.384 e. The van der Waals surface area contributed by atoms with E-state index in [1.807, 2.05) is 12.1 Å². The maximum atomic E-state index is 12.2. The van der Waals surface area contributed by atoms with Gasteiger partial charge in [-0.25, -0.2) is 0 Å². The minimum Gasteiger partial charge on any atom is -0.384 e. The first-order valence-corrected chi connectivity index (χ1v) is 6.68. The maximum Gasteiger partial charge on any atom is 0.252 e. The van der Waals surface area contributed by atoms with Crippen molar-refractivity contribution < 1.29 is 9.90 Å². The Labute approximate surface area is 114 Å². The lowest BCUT2D eigenvalue weighted by Gasteiger charge is -2.13. The molecule has 100 valence electrons. The summed E-state index contributed by atoms with van der Waals surface area (Å²) in [6.45, 7) is 2.71. The summed E-state index contributed by atoms with van der Waals surface area (Å²) in [7, 11) is 0. The first-order chi connectivity index (χ1) is 9.21. The van der Waals surface area contributed by atoms with Crippen molar-refractivity contribution >= 4 is 5.91 Å². The van der Waals surface area contributed by atoms with Gasteiger partial charge in [0.1, 0.15) is 6.61 Å². The van der Waals surface area contributed by atoms with Gasteiger partial charge in [-0.1, -0.05) is 30.9 Å². The van der Waals surface area contributed by atoms with Crippen LogP contribution in [-0.4, -0.2) is 24.2 Å². The van der Waals surface area contributed by atoms with E-state index in [0.29, 0.717) is 16.5 Å². The van der Waals surface area contributed by atoms with E-state index in [9.17, 15) is 4.79 Å². The summed E-state index contributed by atoms with van der Waals surface area (Å²) in [5.74, 6) is 5.31. The second-order valence-corrected chi connectivity index (χ2v) is 5.04. The lowest BCUT2D eigenvalue weighted by Crippen LogP contribution is -2.30. The molecular formula is C16H19NO2. The molecule has 1 aliphatic rings. The van der Waals surface area contributed by atoms with Gasteiger partial charge in [-0.3, -0.25) is 4.79 Å². The SMILES string of the molecule is CCC1(CNC(=O)c2ccccc2C#CCO)CC1. The van der Waals surface area contributed by atoms with Crippen molar-refractivity contribution in [2.75, 3.05) is 13.2 Å². The van der Waals surface area contributed by atoms with Gasteiger partial charge >= 0.3 is 0 Å². The number of rotatable bonds is 4. The highest BCUT2D eigenvalue weighted by molar-refractivity contribution is 5.96. The summed E-state index contributed by atoms with van der Waals surface area (Å²) in [6.07, 6.45) is 3.52. The number of carbonyl (C=O) groups is 1. The standard InChI is InChI=1S/C16H19NO2/c1-2-16(9-10-16)12-17-15(19)14-8-4-3-6-13(14)7-5-11-18/h3-4,6,8,18H,2,9-12H2,1H3,(H,17,19). The zero-order chi connectivity index (χ0) is 13.7. The molecule has 0 radical (unpaired) electrons. The summed E-state index contributed by atoms with van der Waals surface area (Å²) in [5, 5.41) is 11.7. The zero-order valence-electron chi connectivity index (χ0n) is 11.2. The predicted molar refractivity (Wildman–Crippen MR) is 74.7 cm³/mol. The second-order valence-electron chi connectivity index (χ2n) is 5.04. The molecule has 1 aliphatic carbocycles. The second kappa shape index (κ2) is 5.90. The van der Waals surface area contributed by atoms with Crippen LogP contribution in [0.4, 0.5) is 0 Å². The molecule has 3 nitrogen and oxygen atoms in total. The molecule has 1 aromatic rings. The van der Waals surface area contributed by atoms with Crippen LogP contribution in [0.15, 0.2) is 24.3 Å². The predicted octanol–water partition coefficient (Wildman–Crippen LogP) is 1.95. The van der Waals surface area contributed by atoms with Crippen molar-refractivity contribution in [3.8, 4) is 11.8 Å². The topological polar surface area (TPSA) is 49.3 Å². The van der Waals surface area contributed by atoms with Crippen LogP contribution in [0.3, 0.4) is 0 Å². The van der Waals surface area contributed by atoms with Gasteiger partial charge in [-0.05, 0) is 36.8 Å². The van der Waals surface area contributed by atoms with Crippen LogP contribution in [0.5, 0.6) is 0 Å². The number of aliphatic hydroxyl groups excluding tert-OH is 1. The van der Waals surface area contributed by atoms with E-state index in [1.54, 1.807) is 12.1 Å². The summed E-state index contributed by atoms with van der Waals surface area (Å²) in [6, 6.07) is 7.23. The summed E-state index contributed by atoms with van der Waals surface area (Å²) in [5.41, 5.74) is 1.58. The van der Waals surface area contributed by atoms with Crippen molar-refractivity contribution in [1.29, 1.82) is 0 Å². The van der Waals surface area contributed by atoms with Crippen LogP contribution in [0.25, 0.3) is 0 Å². The van der Waals surface area contributed by atoms with Crippen molar-refractivity contribution in [3.63, 3.8) is 0 Å². The average molecular weight is 257 g/mol. The Morgan fingerprint density at radius 3 is 2.79 bits per heavy atom. The van der Waals surface area contributed by atoms with Crippen molar-refractivity contribution in [3.05, 3.63) is 35.4 Å². The van der Waals surface area contributed by atoms with Gasteiger partial charge in [0, 0.05) is 12.1 Å². The van der Waals surface area contributed by atoms with Crippen LogP contribution >= 0.6 is 0 Å². The molecule has 1 aromatic carbocycles. The van der Waals surface area contributed by atoms with Gasteiger partial charge in [0.25, 0.3) is 5.91 Å². The van der Waals surface area contributed by atoms with Crippen molar-refractivity contribution in [1.82, 2.24) is 5.32 Å². The quantitative estimate of drug-likeness (QED) is 0.810. The molecule has 2 rings (SSSR count). The molecule has 0 spiro atoms. The van der Waals surface area contributed by atoms with Gasteiger partial charge in [0.2, 0.25) is 0 Å². The Balaban J connectivity index is 2.06. The smallest absolute Gasteiger partial charge is 0.252 e. The molecule has 0 unspecified atom stereocenters. The third-order valence-corrected chi connectivity index (χ3v) is 3.80. The van der Waals surface area contributed by atoms with E-state index in [2.05, 4.69) is 24.1 Å². The van der Waals surface area contributed by atoms with E-state index in [1.165, 1.54) is 12.8 Å². The van der Waals surface area contributed by atoms with Gasteiger partial charge in [-0.15, -0.1) is 0 Å². The molecule has 0 heterocycles. The molecule has 0 aliphatic heterocycles. The third kappa shape index (κ3) is 3.36. The normalized spacial score (nSPS) is 15.3. The van der Waals surface area contributed by atoms with Crippen LogP contribution in [0, 0.1) is 17.3 Å². The number of aliphatic hydroxyl groups is 1. The fourth-order valence-electron chi connectivity index (χ4n) is 2.12. The highest BCUT2D eigenvalue weighted by Crippen LogP contribution is 2.47. The number of hydrogen-bond acceptors (Lipinski definition) is 2. The Morgan fingerprint density at radius 2 is 2.16 bits per heavy atom. The van der Waals surface area contributed by atoms with Crippen LogP contribution < -0.4 is 5.32 Å². The first kappa shape index (κ1) is 13.6. The van der Waals surface area contributed by atoms with Crippen molar-refractivity contribution in [2.24, 2.45) is 5.41 Å². The molecule has 2 N–H and O–H groups in total. The number of nitrogens with one attached hydrogen (secondary N) is 1. The number of amides is 1. The van der Waals surface area contributed by atoms with E-state index >= 15 is 0 Å². The fourth-order valence-corrected chi connectivity index (χ4v) is 2.12. The molecule has 0 aromatic heterocycles. The van der Waals surface area contributed by atoms with Crippen molar-refractivity contribution in [2.45, 2.75) is 26.2 Å². The minimum absolute atomic E-state index is 0.0810. The minimum atomic E-state index is -0.200. The molecule has 3 heteroatoms. The molecule has 0 atom stereocenters. The zero-order valence-corrected chi connectivity index (χ0v) is 11.2. The van der Waals surface area contributed by atoms with E-state index < -0.39 is 0 Å². The number of hydrogen-bond donors (Lipinski definition) is 2. The molecule has 19 heavy (non-hydrogen) atoms. The Morgan fingerprint density at radius 1 is 1.42 bits per heavy atom. The number of benzene rings is 1. The lowest BCUT2D eigenvalue weighted by atomic mass is 10.0. The maximum absolute atomic E-state index is 12.2. The highest BCUT2D eigenvalue weighted by atomic mass is 16.2. The molecule has 0 bridgehead atoms. The third-order valence-electron chi connectivity index (χ3n) is 3.80. The Hall–Kier alpha value is -1.79. The number of carbonyl (C=O) groups excluding carboxylic acids is 1. The van der Waals surface area contributed by atoms with E-state index in [0.717, 1.165) is 13.0 Å². The molecule has 0 saturated heterocycles. The highest BCUT2D eigenvalue weighted by Gasteiger charge is 2.40. The first-order valence-electron chi connectivity index (χ1n) is 6.68. The van der Waals surface area contributed by atoms with Gasteiger partial charge in [0.15, 0.2) is 0 Å². The molecule has 1 amide bonds. The van der Waals surface area contributed by atoms with E-state index in [-0.39, 0.29) is 12.5 Å². The molecular weight excluding hydrogens is 238 g/mol. The Kier molecular flexibility index (Phi) is 4.24. The summed E-state index contributed by atoms with van der Waals surface area (Å²) in [4.78, 5) is 12.2. The van der Waals surface area contributed by atoms with Gasteiger partial charge < -0.3 is 10.4 Å². The lowest BCUT2D eigenvalue weighted by molar-refractivity contribution is 0.0944. The van der Waals surface area contributed by atoms with Gasteiger partial charge in [-0.2, -0.15) is 0 Å². The average Bonchev–Trinajstić information content (AvgIpc) is 3.23.